The average Bonchev–Trinajstić information content (AvgIpc) is 2.39. The smallest absolute Gasteiger partial charge is 0.159 e. The minimum atomic E-state index is -3.19. The summed E-state index contributed by atoms with van der Waals surface area (Å²) in [6.07, 6.45) is 2.78. The van der Waals surface area contributed by atoms with Gasteiger partial charge in [-0.2, -0.15) is 0 Å². The van der Waals surface area contributed by atoms with E-state index in [9.17, 15) is 8.42 Å². The van der Waals surface area contributed by atoms with Crippen molar-refractivity contribution < 1.29 is 13.2 Å². The molecule has 0 radical (unpaired) electrons. The quantitative estimate of drug-likeness (QED) is 0.856. The SMILES string of the molecule is C[C@H](c1ccc(Cl)cc1)S(=O)(=O)C[C@@H]1CCCCO1. The zero-order valence-corrected chi connectivity index (χ0v) is 12.6. The van der Waals surface area contributed by atoms with Gasteiger partial charge in [0, 0.05) is 11.6 Å². The van der Waals surface area contributed by atoms with Gasteiger partial charge in [0.1, 0.15) is 0 Å². The van der Waals surface area contributed by atoms with E-state index in [4.69, 9.17) is 16.3 Å². The van der Waals surface area contributed by atoms with E-state index in [0.29, 0.717) is 11.6 Å². The molecule has 19 heavy (non-hydrogen) atoms. The number of sulfone groups is 1. The normalized spacial score (nSPS) is 22.1. The summed E-state index contributed by atoms with van der Waals surface area (Å²) in [6, 6.07) is 6.98. The molecule has 0 aromatic heterocycles. The van der Waals surface area contributed by atoms with Crippen LogP contribution in [0.2, 0.25) is 5.02 Å². The molecule has 0 aliphatic carbocycles. The molecule has 1 aromatic carbocycles. The summed E-state index contributed by atoms with van der Waals surface area (Å²) in [5.41, 5.74) is 0.778. The molecule has 5 heteroatoms. The molecule has 0 unspecified atom stereocenters. The van der Waals surface area contributed by atoms with E-state index in [1.54, 1.807) is 31.2 Å². The number of ether oxygens (including phenoxy) is 1. The molecule has 1 saturated heterocycles. The van der Waals surface area contributed by atoms with Gasteiger partial charge in [-0.25, -0.2) is 8.42 Å². The Morgan fingerprint density at radius 1 is 1.32 bits per heavy atom. The molecule has 1 fully saturated rings. The van der Waals surface area contributed by atoms with Crippen LogP contribution in [0.4, 0.5) is 0 Å². The van der Waals surface area contributed by atoms with E-state index in [1.165, 1.54) is 0 Å². The van der Waals surface area contributed by atoms with Gasteiger partial charge in [-0.1, -0.05) is 23.7 Å². The van der Waals surface area contributed by atoms with Crippen LogP contribution >= 0.6 is 11.6 Å². The number of hydrogen-bond acceptors (Lipinski definition) is 3. The second-order valence-corrected chi connectivity index (χ2v) is 7.81. The third kappa shape index (κ3) is 3.94. The third-order valence-corrected chi connectivity index (χ3v) is 6.01. The Morgan fingerprint density at radius 3 is 2.58 bits per heavy atom. The minimum absolute atomic E-state index is 0.108. The molecule has 1 aliphatic rings. The second kappa shape index (κ2) is 6.25. The van der Waals surface area contributed by atoms with Crippen LogP contribution in [0, 0.1) is 0 Å². The molecular weight excluding hydrogens is 284 g/mol. The Balaban J connectivity index is 2.07. The van der Waals surface area contributed by atoms with Crippen molar-refractivity contribution in [1.29, 1.82) is 0 Å². The molecule has 3 nitrogen and oxygen atoms in total. The first-order valence-electron chi connectivity index (χ1n) is 6.57. The molecule has 2 atom stereocenters. The lowest BCUT2D eigenvalue weighted by Gasteiger charge is -2.24. The van der Waals surface area contributed by atoms with Crippen molar-refractivity contribution in [3.63, 3.8) is 0 Å². The lowest BCUT2D eigenvalue weighted by molar-refractivity contribution is 0.0304. The van der Waals surface area contributed by atoms with Crippen LogP contribution < -0.4 is 0 Å². The zero-order valence-electron chi connectivity index (χ0n) is 11.0. The van der Waals surface area contributed by atoms with Crippen LogP contribution in [0.5, 0.6) is 0 Å². The van der Waals surface area contributed by atoms with Gasteiger partial charge in [0.25, 0.3) is 0 Å². The fourth-order valence-corrected chi connectivity index (χ4v) is 4.05. The van der Waals surface area contributed by atoms with Gasteiger partial charge in [0.05, 0.1) is 17.1 Å². The lowest BCUT2D eigenvalue weighted by atomic mass is 10.1. The van der Waals surface area contributed by atoms with Gasteiger partial charge in [-0.3, -0.25) is 0 Å². The van der Waals surface area contributed by atoms with Crippen LogP contribution in [-0.2, 0) is 14.6 Å². The lowest BCUT2D eigenvalue weighted by Crippen LogP contribution is -2.29. The van der Waals surface area contributed by atoms with Gasteiger partial charge in [-0.05, 0) is 43.9 Å². The maximum atomic E-state index is 12.4. The van der Waals surface area contributed by atoms with E-state index < -0.39 is 15.1 Å². The molecule has 0 spiro atoms. The first-order valence-corrected chi connectivity index (χ1v) is 8.67. The van der Waals surface area contributed by atoms with Crippen LogP contribution in [0.25, 0.3) is 0 Å². The Bertz CT molecular complexity index is 504. The molecule has 0 saturated carbocycles. The van der Waals surface area contributed by atoms with E-state index in [0.717, 1.165) is 24.8 Å². The largest absolute Gasteiger partial charge is 0.377 e. The Hall–Kier alpha value is -0.580. The Morgan fingerprint density at radius 2 is 2.00 bits per heavy atom. The molecule has 1 aliphatic heterocycles. The topological polar surface area (TPSA) is 43.4 Å². The third-order valence-electron chi connectivity index (χ3n) is 3.57. The summed E-state index contributed by atoms with van der Waals surface area (Å²) in [7, 11) is -3.19. The predicted molar refractivity (Wildman–Crippen MR) is 77.2 cm³/mol. The minimum Gasteiger partial charge on any atom is -0.377 e. The highest BCUT2D eigenvalue weighted by Crippen LogP contribution is 2.26. The zero-order chi connectivity index (χ0) is 13.9. The fourth-order valence-electron chi connectivity index (χ4n) is 2.28. The van der Waals surface area contributed by atoms with Crippen molar-refractivity contribution in [3.8, 4) is 0 Å². The van der Waals surface area contributed by atoms with Crippen molar-refractivity contribution in [2.75, 3.05) is 12.4 Å². The van der Waals surface area contributed by atoms with Gasteiger partial charge in [0.2, 0.25) is 0 Å². The molecule has 0 N–H and O–H groups in total. The van der Waals surface area contributed by atoms with Crippen LogP contribution in [0.15, 0.2) is 24.3 Å². The first-order chi connectivity index (χ1) is 8.99. The van der Waals surface area contributed by atoms with Crippen molar-refractivity contribution in [1.82, 2.24) is 0 Å². The Labute approximate surface area is 119 Å². The molecule has 1 heterocycles. The highest BCUT2D eigenvalue weighted by atomic mass is 35.5. The van der Waals surface area contributed by atoms with E-state index in [2.05, 4.69) is 0 Å². The number of halogens is 1. The summed E-state index contributed by atoms with van der Waals surface area (Å²) < 4.78 is 30.3. The molecule has 1 aromatic rings. The monoisotopic (exact) mass is 302 g/mol. The first kappa shape index (κ1) is 14.8. The van der Waals surface area contributed by atoms with Crippen molar-refractivity contribution in [3.05, 3.63) is 34.9 Å². The van der Waals surface area contributed by atoms with Crippen molar-refractivity contribution >= 4 is 21.4 Å². The maximum absolute atomic E-state index is 12.4. The summed E-state index contributed by atoms with van der Waals surface area (Å²) in [4.78, 5) is 0. The van der Waals surface area contributed by atoms with E-state index in [1.807, 2.05) is 0 Å². The second-order valence-electron chi connectivity index (χ2n) is 5.01. The predicted octanol–water partition coefficient (Wildman–Crippen LogP) is 3.38. The molecule has 2 rings (SSSR count). The van der Waals surface area contributed by atoms with Crippen molar-refractivity contribution in [2.24, 2.45) is 0 Å². The van der Waals surface area contributed by atoms with Crippen LogP contribution in [0.3, 0.4) is 0 Å². The standard InChI is InChI=1S/C14H19ClO3S/c1-11(12-5-7-13(15)8-6-12)19(16,17)10-14-4-2-3-9-18-14/h5-8,11,14H,2-4,9-10H2,1H3/t11-,14+/m1/s1. The highest BCUT2D eigenvalue weighted by Gasteiger charge is 2.28. The van der Waals surface area contributed by atoms with Crippen molar-refractivity contribution in [2.45, 2.75) is 37.5 Å². The average molecular weight is 303 g/mol. The Kier molecular flexibility index (Phi) is 4.87. The number of benzene rings is 1. The van der Waals surface area contributed by atoms with E-state index >= 15 is 0 Å². The summed E-state index contributed by atoms with van der Waals surface area (Å²) >= 11 is 5.82. The van der Waals surface area contributed by atoms with E-state index in [-0.39, 0.29) is 11.9 Å². The van der Waals surface area contributed by atoms with Crippen LogP contribution in [-0.4, -0.2) is 26.9 Å². The summed E-state index contributed by atoms with van der Waals surface area (Å²) in [5.74, 6) is 0.108. The van der Waals surface area contributed by atoms with Gasteiger partial charge in [0.15, 0.2) is 9.84 Å². The molecule has 0 bridgehead atoms. The maximum Gasteiger partial charge on any atom is 0.159 e. The molecular formula is C14H19ClO3S. The van der Waals surface area contributed by atoms with Gasteiger partial charge >= 0.3 is 0 Å². The fraction of sp³-hybridized carbons (Fsp3) is 0.571. The summed E-state index contributed by atoms with van der Waals surface area (Å²) in [5, 5.41) is 0.0965. The number of hydrogen-bond donors (Lipinski definition) is 0. The van der Waals surface area contributed by atoms with Crippen LogP contribution in [0.1, 0.15) is 37.0 Å². The highest BCUT2D eigenvalue weighted by molar-refractivity contribution is 7.91. The summed E-state index contributed by atoms with van der Waals surface area (Å²) in [6.45, 7) is 2.40. The number of rotatable bonds is 4. The van der Waals surface area contributed by atoms with Gasteiger partial charge in [-0.15, -0.1) is 0 Å². The van der Waals surface area contributed by atoms with Gasteiger partial charge < -0.3 is 4.74 Å². The molecule has 106 valence electrons. The molecule has 0 amide bonds.